The summed E-state index contributed by atoms with van der Waals surface area (Å²) in [7, 11) is 1.79. The first-order valence-electron chi connectivity index (χ1n) is 5.85. The van der Waals surface area contributed by atoms with Crippen LogP contribution in [0.4, 0.5) is 4.39 Å². The molecular weight excluding hydrogens is 219 g/mol. The van der Waals surface area contributed by atoms with Crippen LogP contribution in [0.3, 0.4) is 0 Å². The van der Waals surface area contributed by atoms with Crippen LogP contribution in [0.15, 0.2) is 24.3 Å². The van der Waals surface area contributed by atoms with Crippen molar-refractivity contribution in [2.75, 3.05) is 13.6 Å². The highest BCUT2D eigenvalue weighted by Crippen LogP contribution is 2.19. The molecule has 1 aliphatic rings. The molecule has 1 aromatic carbocycles. The molecule has 17 heavy (non-hydrogen) atoms. The molecule has 1 aromatic rings. The number of likely N-dealkylation sites (tertiary alicyclic amines) is 1. The van der Waals surface area contributed by atoms with E-state index < -0.39 is 0 Å². The van der Waals surface area contributed by atoms with Crippen LogP contribution in [-0.2, 0) is 4.79 Å². The third-order valence-corrected chi connectivity index (χ3v) is 3.25. The van der Waals surface area contributed by atoms with E-state index in [1.54, 1.807) is 30.1 Å². The van der Waals surface area contributed by atoms with Crippen LogP contribution in [0.2, 0.25) is 0 Å². The minimum atomic E-state index is -0.230. The highest BCUT2D eigenvalue weighted by Gasteiger charge is 2.30. The zero-order valence-corrected chi connectivity index (χ0v) is 10.1. The Kier molecular flexibility index (Phi) is 3.43. The number of rotatable bonds is 3. The molecule has 2 unspecified atom stereocenters. The second kappa shape index (κ2) is 4.84. The summed E-state index contributed by atoms with van der Waals surface area (Å²) in [5.41, 5.74) is 0.606. The van der Waals surface area contributed by atoms with Gasteiger partial charge in [-0.05, 0) is 19.4 Å². The van der Waals surface area contributed by atoms with Gasteiger partial charge in [0.05, 0.1) is 6.04 Å². The van der Waals surface area contributed by atoms with Gasteiger partial charge in [0.25, 0.3) is 0 Å². The molecule has 1 heterocycles. The summed E-state index contributed by atoms with van der Waals surface area (Å²) in [5.74, 6) is -0.139. The van der Waals surface area contributed by atoms with E-state index in [1.807, 2.05) is 6.92 Å². The van der Waals surface area contributed by atoms with E-state index in [1.165, 1.54) is 6.07 Å². The Morgan fingerprint density at radius 2 is 2.18 bits per heavy atom. The predicted octanol–water partition coefficient (Wildman–Crippen LogP) is 1.71. The van der Waals surface area contributed by atoms with Gasteiger partial charge < -0.3 is 4.90 Å². The largest absolute Gasteiger partial charge is 0.344 e. The molecule has 1 aliphatic heterocycles. The minimum Gasteiger partial charge on any atom is -0.344 e. The van der Waals surface area contributed by atoms with Crippen molar-refractivity contribution in [3.8, 4) is 0 Å². The van der Waals surface area contributed by atoms with Gasteiger partial charge in [-0.15, -0.1) is 0 Å². The smallest absolute Gasteiger partial charge is 0.239 e. The van der Waals surface area contributed by atoms with Crippen molar-refractivity contribution in [1.29, 1.82) is 0 Å². The van der Waals surface area contributed by atoms with Crippen LogP contribution in [0, 0.1) is 5.82 Å². The minimum absolute atomic E-state index is 0.0909. The number of carbonyl (C=O) groups is 1. The molecule has 1 saturated heterocycles. The van der Waals surface area contributed by atoms with Gasteiger partial charge in [-0.3, -0.25) is 10.1 Å². The molecule has 1 amide bonds. The molecule has 2 rings (SSSR count). The molecule has 3 nitrogen and oxygen atoms in total. The number of benzene rings is 1. The lowest BCUT2D eigenvalue weighted by atomic mass is 10.1. The van der Waals surface area contributed by atoms with Crippen molar-refractivity contribution >= 4 is 5.91 Å². The first-order valence-corrected chi connectivity index (χ1v) is 5.85. The van der Waals surface area contributed by atoms with E-state index in [9.17, 15) is 9.18 Å². The average molecular weight is 236 g/mol. The number of nitrogens with zero attached hydrogens (tertiary/aromatic N) is 1. The first kappa shape index (κ1) is 12.0. The summed E-state index contributed by atoms with van der Waals surface area (Å²) in [5, 5.41) is 3.18. The number of carbonyl (C=O) groups excluding carboxylic acids is 1. The third-order valence-electron chi connectivity index (χ3n) is 3.25. The molecule has 2 atom stereocenters. The van der Waals surface area contributed by atoms with Crippen molar-refractivity contribution in [3.63, 3.8) is 0 Å². The van der Waals surface area contributed by atoms with E-state index in [0.717, 1.165) is 13.0 Å². The van der Waals surface area contributed by atoms with Crippen LogP contribution in [0.5, 0.6) is 0 Å². The average Bonchev–Trinajstić information content (AvgIpc) is 2.61. The molecule has 0 aromatic heterocycles. The van der Waals surface area contributed by atoms with E-state index in [-0.39, 0.29) is 23.8 Å². The molecule has 1 N–H and O–H groups in total. The topological polar surface area (TPSA) is 32.3 Å². The molecule has 1 fully saturated rings. The number of nitrogens with one attached hydrogen (secondary N) is 1. The lowest BCUT2D eigenvalue weighted by molar-refractivity contribution is -0.128. The summed E-state index contributed by atoms with van der Waals surface area (Å²) in [6.45, 7) is 2.64. The SMILES string of the molecule is CC(NC1CCN(C)C1=O)c1ccccc1F. The van der Waals surface area contributed by atoms with Gasteiger partial charge in [0.1, 0.15) is 5.82 Å². The van der Waals surface area contributed by atoms with Crippen LogP contribution >= 0.6 is 0 Å². The summed E-state index contributed by atoms with van der Waals surface area (Å²) in [6.07, 6.45) is 0.786. The van der Waals surface area contributed by atoms with Crippen LogP contribution in [-0.4, -0.2) is 30.4 Å². The molecule has 0 bridgehead atoms. The van der Waals surface area contributed by atoms with E-state index in [2.05, 4.69) is 5.32 Å². The van der Waals surface area contributed by atoms with E-state index >= 15 is 0 Å². The zero-order chi connectivity index (χ0) is 12.4. The van der Waals surface area contributed by atoms with Gasteiger partial charge in [0.2, 0.25) is 5.91 Å². The van der Waals surface area contributed by atoms with Crippen LogP contribution in [0.1, 0.15) is 24.9 Å². The summed E-state index contributed by atoms with van der Waals surface area (Å²) >= 11 is 0. The Morgan fingerprint density at radius 3 is 2.76 bits per heavy atom. The lowest BCUT2D eigenvalue weighted by Gasteiger charge is -2.19. The van der Waals surface area contributed by atoms with Gasteiger partial charge in [-0.1, -0.05) is 18.2 Å². The molecular formula is C13H17FN2O. The second-order valence-electron chi connectivity index (χ2n) is 4.51. The van der Waals surface area contributed by atoms with Gasteiger partial charge in [0.15, 0.2) is 0 Å². The molecule has 0 saturated carbocycles. The number of hydrogen-bond acceptors (Lipinski definition) is 2. The van der Waals surface area contributed by atoms with Gasteiger partial charge in [-0.2, -0.15) is 0 Å². The van der Waals surface area contributed by atoms with E-state index in [4.69, 9.17) is 0 Å². The van der Waals surface area contributed by atoms with Crippen LogP contribution < -0.4 is 5.32 Å². The van der Waals surface area contributed by atoms with Gasteiger partial charge >= 0.3 is 0 Å². The maximum absolute atomic E-state index is 13.6. The van der Waals surface area contributed by atoms with Gasteiger partial charge in [0, 0.05) is 25.2 Å². The summed E-state index contributed by atoms with van der Waals surface area (Å²) in [4.78, 5) is 13.4. The summed E-state index contributed by atoms with van der Waals surface area (Å²) < 4.78 is 13.6. The van der Waals surface area contributed by atoms with Gasteiger partial charge in [-0.25, -0.2) is 4.39 Å². The van der Waals surface area contributed by atoms with Crippen molar-refractivity contribution in [2.45, 2.75) is 25.4 Å². The maximum atomic E-state index is 13.6. The van der Waals surface area contributed by atoms with Crippen molar-refractivity contribution in [3.05, 3.63) is 35.6 Å². The molecule has 0 aliphatic carbocycles. The fourth-order valence-corrected chi connectivity index (χ4v) is 2.19. The highest BCUT2D eigenvalue weighted by atomic mass is 19.1. The van der Waals surface area contributed by atoms with Crippen molar-refractivity contribution in [2.24, 2.45) is 0 Å². The fraction of sp³-hybridized carbons (Fsp3) is 0.462. The fourth-order valence-electron chi connectivity index (χ4n) is 2.19. The zero-order valence-electron chi connectivity index (χ0n) is 10.1. The first-order chi connectivity index (χ1) is 8.09. The number of likely N-dealkylation sites (N-methyl/N-ethyl adjacent to an activating group) is 1. The maximum Gasteiger partial charge on any atom is 0.239 e. The summed E-state index contributed by atoms with van der Waals surface area (Å²) in [6, 6.07) is 6.32. The Morgan fingerprint density at radius 1 is 1.47 bits per heavy atom. The highest BCUT2D eigenvalue weighted by molar-refractivity contribution is 5.83. The molecule has 4 heteroatoms. The lowest BCUT2D eigenvalue weighted by Crippen LogP contribution is -2.38. The molecule has 0 spiro atoms. The Labute approximate surface area is 101 Å². The van der Waals surface area contributed by atoms with Crippen molar-refractivity contribution in [1.82, 2.24) is 10.2 Å². The Balaban J connectivity index is 2.05. The van der Waals surface area contributed by atoms with E-state index in [0.29, 0.717) is 5.56 Å². The molecule has 92 valence electrons. The predicted molar refractivity (Wildman–Crippen MR) is 64.0 cm³/mol. The second-order valence-corrected chi connectivity index (χ2v) is 4.51. The quantitative estimate of drug-likeness (QED) is 0.866. The van der Waals surface area contributed by atoms with Crippen molar-refractivity contribution < 1.29 is 9.18 Å². The third kappa shape index (κ3) is 2.47. The normalized spacial score (nSPS) is 21.9. The molecule has 0 radical (unpaired) electrons. The number of amides is 1. The number of halogens is 1. The van der Waals surface area contributed by atoms with Crippen LogP contribution in [0.25, 0.3) is 0 Å². The Bertz CT molecular complexity index is 422. The standard InChI is InChI=1S/C13H17FN2O/c1-9(10-5-3-4-6-11(10)14)15-12-7-8-16(2)13(12)17/h3-6,9,12,15H,7-8H2,1-2H3. The monoisotopic (exact) mass is 236 g/mol. The number of hydrogen-bond donors (Lipinski definition) is 1. The Hall–Kier alpha value is -1.42.